The van der Waals surface area contributed by atoms with Crippen molar-refractivity contribution in [1.29, 1.82) is 0 Å². The van der Waals surface area contributed by atoms with E-state index in [-0.39, 0.29) is 11.8 Å². The van der Waals surface area contributed by atoms with Gasteiger partial charge in [-0.15, -0.1) is 0 Å². The highest BCUT2D eigenvalue weighted by atomic mass is 19.1. The second-order valence-corrected chi connectivity index (χ2v) is 4.73. The molecule has 2 rings (SSSR count). The van der Waals surface area contributed by atoms with Gasteiger partial charge in [0.25, 0.3) is 0 Å². The Morgan fingerprint density at radius 1 is 1.14 bits per heavy atom. The van der Waals surface area contributed by atoms with Crippen molar-refractivity contribution in [1.82, 2.24) is 5.32 Å². The molecule has 1 unspecified atom stereocenters. The third kappa shape index (κ3) is 4.57. The van der Waals surface area contributed by atoms with Gasteiger partial charge in [0.05, 0.1) is 6.10 Å². The van der Waals surface area contributed by atoms with Crippen LogP contribution < -0.4 is 10.6 Å². The first-order chi connectivity index (χ1) is 10.0. The number of benzene rings is 2. The predicted molar refractivity (Wildman–Crippen MR) is 79.3 cm³/mol. The van der Waals surface area contributed by atoms with Crippen molar-refractivity contribution in [2.75, 3.05) is 5.32 Å². The zero-order chi connectivity index (χ0) is 15.2. The summed E-state index contributed by atoms with van der Waals surface area (Å²) in [5.41, 5.74) is 2.24. The van der Waals surface area contributed by atoms with Crippen LogP contribution in [0, 0.1) is 5.82 Å². The number of hydrogen-bond acceptors (Lipinski definition) is 2. The Morgan fingerprint density at radius 2 is 1.76 bits per heavy atom. The Labute approximate surface area is 122 Å². The molecule has 2 aromatic carbocycles. The van der Waals surface area contributed by atoms with E-state index in [1.807, 2.05) is 0 Å². The Kier molecular flexibility index (Phi) is 4.90. The number of aliphatic hydroxyl groups excluding tert-OH is 1. The van der Waals surface area contributed by atoms with Crippen molar-refractivity contribution >= 4 is 11.7 Å². The molecule has 5 heteroatoms. The smallest absolute Gasteiger partial charge is 0.319 e. The lowest BCUT2D eigenvalue weighted by Crippen LogP contribution is -2.28. The van der Waals surface area contributed by atoms with Crippen LogP contribution in [0.25, 0.3) is 0 Å². The van der Waals surface area contributed by atoms with Gasteiger partial charge in [-0.1, -0.05) is 24.3 Å². The zero-order valence-electron chi connectivity index (χ0n) is 11.6. The highest BCUT2D eigenvalue weighted by Crippen LogP contribution is 2.15. The van der Waals surface area contributed by atoms with Gasteiger partial charge in [-0.25, -0.2) is 9.18 Å². The maximum atomic E-state index is 12.7. The summed E-state index contributed by atoms with van der Waals surface area (Å²) in [5, 5.41) is 14.8. The Balaban J connectivity index is 1.85. The maximum absolute atomic E-state index is 12.7. The SMILES string of the molecule is CC(O)c1ccc(NC(=O)NCc2ccc(F)cc2)cc1. The van der Waals surface area contributed by atoms with Crippen molar-refractivity contribution in [2.24, 2.45) is 0 Å². The van der Waals surface area contributed by atoms with Crippen LogP contribution in [0.2, 0.25) is 0 Å². The number of hydrogen-bond donors (Lipinski definition) is 3. The van der Waals surface area contributed by atoms with E-state index in [1.54, 1.807) is 43.3 Å². The van der Waals surface area contributed by atoms with Crippen molar-refractivity contribution in [3.05, 3.63) is 65.5 Å². The topological polar surface area (TPSA) is 61.4 Å². The van der Waals surface area contributed by atoms with E-state index in [0.29, 0.717) is 12.2 Å². The third-order valence-electron chi connectivity index (χ3n) is 3.02. The number of aliphatic hydroxyl groups is 1. The largest absolute Gasteiger partial charge is 0.389 e. The molecule has 2 amide bonds. The molecule has 0 spiro atoms. The standard InChI is InChI=1S/C16H17FN2O2/c1-11(20)13-4-8-15(9-5-13)19-16(21)18-10-12-2-6-14(17)7-3-12/h2-9,11,20H,10H2,1H3,(H2,18,19,21). The van der Waals surface area contributed by atoms with Gasteiger partial charge < -0.3 is 15.7 Å². The molecule has 0 saturated heterocycles. The van der Waals surface area contributed by atoms with Gasteiger partial charge in [0, 0.05) is 12.2 Å². The quantitative estimate of drug-likeness (QED) is 0.809. The predicted octanol–water partition coefficient (Wildman–Crippen LogP) is 3.20. The highest BCUT2D eigenvalue weighted by molar-refractivity contribution is 5.89. The van der Waals surface area contributed by atoms with E-state index in [2.05, 4.69) is 10.6 Å². The number of nitrogens with one attached hydrogen (secondary N) is 2. The molecule has 110 valence electrons. The molecule has 1 atom stereocenters. The molecule has 0 bridgehead atoms. The summed E-state index contributed by atoms with van der Waals surface area (Å²) >= 11 is 0. The van der Waals surface area contributed by atoms with Gasteiger partial charge in [0.15, 0.2) is 0 Å². The summed E-state index contributed by atoms with van der Waals surface area (Å²) < 4.78 is 12.7. The minimum atomic E-state index is -0.536. The number of carbonyl (C=O) groups excluding carboxylic acids is 1. The third-order valence-corrected chi connectivity index (χ3v) is 3.02. The van der Waals surface area contributed by atoms with E-state index < -0.39 is 6.10 Å². The van der Waals surface area contributed by atoms with Crippen LogP contribution in [0.5, 0.6) is 0 Å². The summed E-state index contributed by atoms with van der Waals surface area (Å²) in [4.78, 5) is 11.7. The molecule has 0 aliphatic rings. The minimum absolute atomic E-state index is 0.304. The monoisotopic (exact) mass is 288 g/mol. The van der Waals surface area contributed by atoms with Crippen molar-refractivity contribution in [3.8, 4) is 0 Å². The van der Waals surface area contributed by atoms with E-state index in [1.165, 1.54) is 12.1 Å². The molecule has 3 N–H and O–H groups in total. The molecular weight excluding hydrogens is 271 g/mol. The fourth-order valence-corrected chi connectivity index (χ4v) is 1.80. The number of anilines is 1. The fourth-order valence-electron chi connectivity index (χ4n) is 1.80. The van der Waals surface area contributed by atoms with E-state index in [0.717, 1.165) is 11.1 Å². The van der Waals surface area contributed by atoms with Crippen LogP contribution in [0.3, 0.4) is 0 Å². The molecule has 0 heterocycles. The van der Waals surface area contributed by atoms with Crippen LogP contribution in [0.4, 0.5) is 14.9 Å². The normalized spacial score (nSPS) is 11.8. The first-order valence-electron chi connectivity index (χ1n) is 6.62. The molecular formula is C16H17FN2O2. The van der Waals surface area contributed by atoms with Crippen LogP contribution in [0.15, 0.2) is 48.5 Å². The lowest BCUT2D eigenvalue weighted by Gasteiger charge is -2.09. The lowest BCUT2D eigenvalue weighted by atomic mass is 10.1. The van der Waals surface area contributed by atoms with Gasteiger partial charge in [-0.2, -0.15) is 0 Å². The van der Waals surface area contributed by atoms with Crippen molar-refractivity contribution in [3.63, 3.8) is 0 Å². The van der Waals surface area contributed by atoms with Gasteiger partial charge in [0.2, 0.25) is 0 Å². The first-order valence-corrected chi connectivity index (χ1v) is 6.62. The maximum Gasteiger partial charge on any atom is 0.319 e. The average Bonchev–Trinajstić information content (AvgIpc) is 2.47. The molecule has 0 aliphatic heterocycles. The molecule has 0 saturated carbocycles. The number of urea groups is 1. The molecule has 0 fully saturated rings. The van der Waals surface area contributed by atoms with E-state index in [9.17, 15) is 14.3 Å². The van der Waals surface area contributed by atoms with Gasteiger partial charge in [0.1, 0.15) is 5.82 Å². The summed E-state index contributed by atoms with van der Waals surface area (Å²) in [6.07, 6.45) is -0.536. The molecule has 0 radical (unpaired) electrons. The minimum Gasteiger partial charge on any atom is -0.389 e. The zero-order valence-corrected chi connectivity index (χ0v) is 11.6. The van der Waals surface area contributed by atoms with Gasteiger partial charge in [-0.05, 0) is 42.3 Å². The Bertz CT molecular complexity index is 595. The summed E-state index contributed by atoms with van der Waals surface area (Å²) in [7, 11) is 0. The van der Waals surface area contributed by atoms with Crippen LogP contribution in [-0.2, 0) is 6.54 Å². The van der Waals surface area contributed by atoms with Gasteiger partial charge >= 0.3 is 6.03 Å². The second-order valence-electron chi connectivity index (χ2n) is 4.73. The Hall–Kier alpha value is -2.40. The summed E-state index contributed by atoms with van der Waals surface area (Å²) in [5.74, 6) is -0.304. The number of amides is 2. The molecule has 0 aliphatic carbocycles. The molecule has 2 aromatic rings. The van der Waals surface area contributed by atoms with Crippen LogP contribution in [0.1, 0.15) is 24.2 Å². The van der Waals surface area contributed by atoms with E-state index >= 15 is 0 Å². The Morgan fingerprint density at radius 3 is 2.33 bits per heavy atom. The van der Waals surface area contributed by atoms with Gasteiger partial charge in [-0.3, -0.25) is 0 Å². The number of carbonyl (C=O) groups is 1. The van der Waals surface area contributed by atoms with Crippen LogP contribution in [-0.4, -0.2) is 11.1 Å². The van der Waals surface area contributed by atoms with Crippen molar-refractivity contribution < 1.29 is 14.3 Å². The molecule has 4 nitrogen and oxygen atoms in total. The van der Waals surface area contributed by atoms with E-state index in [4.69, 9.17) is 0 Å². The fraction of sp³-hybridized carbons (Fsp3) is 0.188. The molecule has 21 heavy (non-hydrogen) atoms. The summed E-state index contributed by atoms with van der Waals surface area (Å²) in [6, 6.07) is 12.5. The number of halogens is 1. The lowest BCUT2D eigenvalue weighted by molar-refractivity contribution is 0.199. The first kappa shape index (κ1) is 15.0. The van der Waals surface area contributed by atoms with Crippen molar-refractivity contribution in [2.45, 2.75) is 19.6 Å². The molecule has 0 aromatic heterocycles. The highest BCUT2D eigenvalue weighted by Gasteiger charge is 2.04. The van der Waals surface area contributed by atoms with Crippen LogP contribution >= 0.6 is 0 Å². The average molecular weight is 288 g/mol. The summed E-state index contributed by atoms with van der Waals surface area (Å²) in [6.45, 7) is 2.00. The number of rotatable bonds is 4. The second kappa shape index (κ2) is 6.85.